The van der Waals surface area contributed by atoms with Crippen LogP contribution in [0, 0.1) is 6.92 Å². The molecule has 4 N–H and O–H groups in total. The van der Waals surface area contributed by atoms with Gasteiger partial charge in [-0.25, -0.2) is 4.98 Å². The predicted molar refractivity (Wildman–Crippen MR) is 76.0 cm³/mol. The lowest BCUT2D eigenvalue weighted by Gasteiger charge is -2.11. The third-order valence-electron chi connectivity index (χ3n) is 3.09. The highest BCUT2D eigenvalue weighted by Gasteiger charge is 2.18. The number of pyridine rings is 1. The van der Waals surface area contributed by atoms with Crippen LogP contribution < -0.4 is 11.5 Å². The zero-order chi connectivity index (χ0) is 13.8. The normalized spacial score (nSPS) is 10.4. The zero-order valence-electron chi connectivity index (χ0n) is 10.9. The number of nitrogens with two attached hydrogens (primary N) is 2. The number of anilines is 1. The summed E-state index contributed by atoms with van der Waals surface area (Å²) < 4.78 is 0. The van der Waals surface area contributed by atoms with Gasteiger partial charge in [-0.15, -0.1) is 0 Å². The number of hydrogen-bond acceptors (Lipinski definition) is 4. The van der Waals surface area contributed by atoms with Gasteiger partial charge in [-0.2, -0.15) is 0 Å². The van der Waals surface area contributed by atoms with Gasteiger partial charge in [-0.1, -0.05) is 24.3 Å². The van der Waals surface area contributed by atoms with Crippen LogP contribution in [0.4, 0.5) is 5.82 Å². The standard InChI is InChI=1S/C15H17N3O/c1-10-7-9-18-15(17)13(10)14(19)12-5-3-2-4-11(12)6-8-16/h2-5,7,9H,6,8,16H2,1H3,(H2,17,18). The Morgan fingerprint density at radius 3 is 2.68 bits per heavy atom. The van der Waals surface area contributed by atoms with Gasteiger partial charge in [0.1, 0.15) is 5.82 Å². The first-order valence-electron chi connectivity index (χ1n) is 6.19. The second-order valence-corrected chi connectivity index (χ2v) is 4.41. The van der Waals surface area contributed by atoms with E-state index in [2.05, 4.69) is 4.98 Å². The summed E-state index contributed by atoms with van der Waals surface area (Å²) in [6, 6.07) is 9.26. The van der Waals surface area contributed by atoms with Crippen molar-refractivity contribution in [1.82, 2.24) is 4.98 Å². The van der Waals surface area contributed by atoms with Gasteiger partial charge >= 0.3 is 0 Å². The number of rotatable bonds is 4. The van der Waals surface area contributed by atoms with Crippen LogP contribution in [-0.4, -0.2) is 17.3 Å². The van der Waals surface area contributed by atoms with Gasteiger partial charge in [-0.3, -0.25) is 4.79 Å². The Balaban J connectivity index is 2.50. The summed E-state index contributed by atoms with van der Waals surface area (Å²) in [6.07, 6.45) is 2.27. The van der Waals surface area contributed by atoms with Gasteiger partial charge in [-0.05, 0) is 37.1 Å². The molecule has 0 bridgehead atoms. The summed E-state index contributed by atoms with van der Waals surface area (Å²) in [7, 11) is 0. The van der Waals surface area contributed by atoms with Gasteiger partial charge in [0, 0.05) is 11.8 Å². The fraction of sp³-hybridized carbons (Fsp3) is 0.200. The third-order valence-corrected chi connectivity index (χ3v) is 3.09. The summed E-state index contributed by atoms with van der Waals surface area (Å²) in [5.74, 6) is 0.180. The van der Waals surface area contributed by atoms with E-state index in [1.807, 2.05) is 25.1 Å². The quantitative estimate of drug-likeness (QED) is 0.815. The van der Waals surface area contributed by atoms with E-state index in [4.69, 9.17) is 11.5 Å². The molecule has 0 aliphatic rings. The second kappa shape index (κ2) is 5.63. The van der Waals surface area contributed by atoms with Gasteiger partial charge in [0.2, 0.25) is 0 Å². The molecule has 0 radical (unpaired) electrons. The van der Waals surface area contributed by atoms with E-state index in [-0.39, 0.29) is 11.6 Å². The lowest BCUT2D eigenvalue weighted by Crippen LogP contribution is -2.13. The van der Waals surface area contributed by atoms with Gasteiger partial charge in [0.15, 0.2) is 5.78 Å². The molecule has 2 rings (SSSR count). The van der Waals surface area contributed by atoms with Gasteiger partial charge in [0.25, 0.3) is 0 Å². The van der Waals surface area contributed by atoms with E-state index >= 15 is 0 Å². The Morgan fingerprint density at radius 2 is 2.00 bits per heavy atom. The van der Waals surface area contributed by atoms with Crippen molar-refractivity contribution in [1.29, 1.82) is 0 Å². The largest absolute Gasteiger partial charge is 0.383 e. The van der Waals surface area contributed by atoms with Gasteiger partial charge < -0.3 is 11.5 Å². The number of aryl methyl sites for hydroxylation is 1. The van der Waals surface area contributed by atoms with Crippen molar-refractivity contribution < 1.29 is 4.79 Å². The van der Waals surface area contributed by atoms with Crippen LogP contribution >= 0.6 is 0 Å². The van der Waals surface area contributed by atoms with Crippen molar-refractivity contribution in [3.63, 3.8) is 0 Å². The van der Waals surface area contributed by atoms with Crippen LogP contribution in [-0.2, 0) is 6.42 Å². The molecule has 1 aromatic heterocycles. The molecule has 4 nitrogen and oxygen atoms in total. The molecule has 0 spiro atoms. The molecule has 98 valence electrons. The average molecular weight is 255 g/mol. The summed E-state index contributed by atoms with van der Waals surface area (Å²) >= 11 is 0. The number of aromatic nitrogens is 1. The number of nitrogens with zero attached hydrogens (tertiary/aromatic N) is 1. The lowest BCUT2D eigenvalue weighted by molar-refractivity contribution is 0.103. The Bertz CT molecular complexity index is 588. The summed E-state index contributed by atoms with van der Waals surface area (Å²) in [4.78, 5) is 16.6. The van der Waals surface area contributed by atoms with Crippen LogP contribution in [0.3, 0.4) is 0 Å². The number of carbonyl (C=O) groups is 1. The Morgan fingerprint density at radius 1 is 1.26 bits per heavy atom. The fourth-order valence-electron chi connectivity index (χ4n) is 2.12. The fourth-order valence-corrected chi connectivity index (χ4v) is 2.12. The second-order valence-electron chi connectivity index (χ2n) is 4.41. The Labute approximate surface area is 112 Å². The smallest absolute Gasteiger partial charge is 0.197 e. The van der Waals surface area contributed by atoms with Crippen molar-refractivity contribution in [2.45, 2.75) is 13.3 Å². The van der Waals surface area contributed by atoms with Crippen molar-refractivity contribution in [2.75, 3.05) is 12.3 Å². The molecule has 0 saturated heterocycles. The molecule has 19 heavy (non-hydrogen) atoms. The average Bonchev–Trinajstić information content (AvgIpc) is 2.39. The van der Waals surface area contributed by atoms with E-state index in [1.165, 1.54) is 0 Å². The maximum atomic E-state index is 12.6. The Kier molecular flexibility index (Phi) is 3.92. The number of hydrogen-bond donors (Lipinski definition) is 2. The first kappa shape index (κ1) is 13.2. The van der Waals surface area contributed by atoms with Crippen LogP contribution in [0.5, 0.6) is 0 Å². The van der Waals surface area contributed by atoms with Crippen molar-refractivity contribution >= 4 is 11.6 Å². The molecule has 1 aromatic carbocycles. The minimum atomic E-state index is -0.0906. The highest BCUT2D eigenvalue weighted by Crippen LogP contribution is 2.21. The molecule has 0 amide bonds. The number of nitrogen functional groups attached to an aromatic ring is 1. The van der Waals surface area contributed by atoms with Crippen molar-refractivity contribution in [2.24, 2.45) is 5.73 Å². The molecule has 1 heterocycles. The number of ketones is 1. The van der Waals surface area contributed by atoms with Gasteiger partial charge in [0.05, 0.1) is 5.56 Å². The SMILES string of the molecule is Cc1ccnc(N)c1C(=O)c1ccccc1CCN. The van der Waals surface area contributed by atoms with E-state index in [9.17, 15) is 4.79 Å². The summed E-state index contributed by atoms with van der Waals surface area (Å²) in [6.45, 7) is 2.36. The molecule has 0 saturated carbocycles. The number of benzene rings is 1. The summed E-state index contributed by atoms with van der Waals surface area (Å²) in [5, 5.41) is 0. The minimum absolute atomic E-state index is 0.0906. The molecule has 0 aliphatic carbocycles. The highest BCUT2D eigenvalue weighted by atomic mass is 16.1. The predicted octanol–water partition coefficient (Wildman–Crippen LogP) is 1.70. The van der Waals surface area contributed by atoms with Crippen molar-refractivity contribution in [3.05, 3.63) is 58.8 Å². The minimum Gasteiger partial charge on any atom is -0.383 e. The van der Waals surface area contributed by atoms with Crippen LogP contribution in [0.25, 0.3) is 0 Å². The lowest BCUT2D eigenvalue weighted by atomic mass is 9.95. The van der Waals surface area contributed by atoms with E-state index in [1.54, 1.807) is 18.3 Å². The first-order valence-corrected chi connectivity index (χ1v) is 6.19. The Hall–Kier alpha value is -2.20. The molecule has 0 fully saturated rings. The molecule has 2 aromatic rings. The maximum Gasteiger partial charge on any atom is 0.197 e. The monoisotopic (exact) mass is 255 g/mol. The highest BCUT2D eigenvalue weighted by molar-refractivity contribution is 6.13. The molecule has 0 aliphatic heterocycles. The molecule has 4 heteroatoms. The van der Waals surface area contributed by atoms with Crippen LogP contribution in [0.15, 0.2) is 36.5 Å². The zero-order valence-corrected chi connectivity index (χ0v) is 10.9. The molecule has 0 unspecified atom stereocenters. The topological polar surface area (TPSA) is 82.0 Å². The van der Waals surface area contributed by atoms with E-state index in [0.29, 0.717) is 24.1 Å². The number of carbonyl (C=O) groups excluding carboxylic acids is 1. The van der Waals surface area contributed by atoms with Crippen molar-refractivity contribution in [3.8, 4) is 0 Å². The van der Waals surface area contributed by atoms with E-state index < -0.39 is 0 Å². The first-order chi connectivity index (χ1) is 9.15. The molecular formula is C15H17N3O. The third kappa shape index (κ3) is 2.63. The molecular weight excluding hydrogens is 238 g/mol. The maximum absolute atomic E-state index is 12.6. The molecule has 0 atom stereocenters. The van der Waals surface area contributed by atoms with Crippen LogP contribution in [0.1, 0.15) is 27.0 Å². The van der Waals surface area contributed by atoms with E-state index in [0.717, 1.165) is 11.1 Å². The summed E-state index contributed by atoms with van der Waals surface area (Å²) in [5.41, 5.74) is 14.3. The van der Waals surface area contributed by atoms with Crippen LogP contribution in [0.2, 0.25) is 0 Å².